The lowest BCUT2D eigenvalue weighted by atomic mass is 10.0. The molecule has 1 N–H and O–H groups in total. The molecule has 6 heteroatoms. The Bertz CT molecular complexity index is 760. The number of esters is 1. The van der Waals surface area contributed by atoms with Crippen LogP contribution < -0.4 is 5.32 Å². The van der Waals surface area contributed by atoms with Crippen molar-refractivity contribution in [2.24, 2.45) is 5.92 Å². The third kappa shape index (κ3) is 4.74. The molecular weight excluding hydrogens is 361 g/mol. The molecule has 1 saturated carbocycles. The van der Waals surface area contributed by atoms with Crippen molar-refractivity contribution >= 4 is 35.1 Å². The summed E-state index contributed by atoms with van der Waals surface area (Å²) in [6.45, 7) is -0.0168. The van der Waals surface area contributed by atoms with Crippen LogP contribution in [0.3, 0.4) is 0 Å². The van der Waals surface area contributed by atoms with E-state index in [1.54, 1.807) is 12.1 Å². The number of ether oxygens (including phenoxy) is 1. The number of hydrogen-bond donors (Lipinski definition) is 1. The van der Waals surface area contributed by atoms with E-state index in [2.05, 4.69) is 5.32 Å². The third-order valence-corrected chi connectivity index (χ3v) is 4.97. The molecule has 1 aliphatic rings. The van der Waals surface area contributed by atoms with Gasteiger partial charge in [0.25, 0.3) is 5.91 Å². The van der Waals surface area contributed by atoms with Crippen LogP contribution >= 0.6 is 23.2 Å². The molecule has 2 aromatic carbocycles. The lowest BCUT2D eigenvalue weighted by Crippen LogP contribution is -2.31. The van der Waals surface area contributed by atoms with Crippen LogP contribution in [0.1, 0.15) is 16.8 Å². The molecule has 130 valence electrons. The molecular formula is C19H17Cl2NO3. The van der Waals surface area contributed by atoms with E-state index in [4.69, 9.17) is 27.9 Å². The van der Waals surface area contributed by atoms with Crippen LogP contribution in [0.2, 0.25) is 0 Å². The predicted octanol–water partition coefficient (Wildman–Crippen LogP) is 3.82. The Kier molecular flexibility index (Phi) is 5.30. The summed E-state index contributed by atoms with van der Waals surface area (Å²) < 4.78 is 4.27. The molecule has 1 amide bonds. The number of carbonyl (C=O) groups excluding carboxylic acids is 2. The van der Waals surface area contributed by atoms with Gasteiger partial charge in [0, 0.05) is 11.5 Å². The molecule has 1 atom stereocenters. The Balaban J connectivity index is 1.47. The number of amides is 1. The molecule has 0 aromatic heterocycles. The van der Waals surface area contributed by atoms with Gasteiger partial charge < -0.3 is 10.1 Å². The second-order valence-corrected chi connectivity index (χ2v) is 7.51. The van der Waals surface area contributed by atoms with E-state index >= 15 is 0 Å². The zero-order valence-corrected chi connectivity index (χ0v) is 14.9. The molecule has 4 nitrogen and oxygen atoms in total. The van der Waals surface area contributed by atoms with Gasteiger partial charge in [-0.15, -0.1) is 23.2 Å². The first-order chi connectivity index (χ1) is 12.0. The van der Waals surface area contributed by atoms with E-state index in [1.165, 1.54) is 0 Å². The maximum absolute atomic E-state index is 12.1. The van der Waals surface area contributed by atoms with Crippen molar-refractivity contribution in [2.75, 3.05) is 13.2 Å². The van der Waals surface area contributed by atoms with E-state index in [0.717, 1.165) is 11.1 Å². The molecule has 0 aliphatic heterocycles. The van der Waals surface area contributed by atoms with Crippen LogP contribution in [0, 0.1) is 5.92 Å². The van der Waals surface area contributed by atoms with E-state index in [9.17, 15) is 9.59 Å². The Labute approximate surface area is 156 Å². The summed E-state index contributed by atoms with van der Waals surface area (Å²) in [5.74, 6) is -0.863. The summed E-state index contributed by atoms with van der Waals surface area (Å²) >= 11 is 11.7. The van der Waals surface area contributed by atoms with Crippen LogP contribution in [0.25, 0.3) is 11.1 Å². The average Bonchev–Trinajstić information content (AvgIpc) is 3.25. The van der Waals surface area contributed by atoms with Gasteiger partial charge in [0.1, 0.15) is 10.9 Å². The van der Waals surface area contributed by atoms with Gasteiger partial charge in [-0.2, -0.15) is 0 Å². The Hall–Kier alpha value is -2.04. The van der Waals surface area contributed by atoms with Gasteiger partial charge in [0.15, 0.2) is 0 Å². The van der Waals surface area contributed by atoms with Gasteiger partial charge >= 0.3 is 5.97 Å². The molecule has 0 radical (unpaired) electrons. The van der Waals surface area contributed by atoms with Gasteiger partial charge in [-0.25, -0.2) is 0 Å². The Morgan fingerprint density at radius 2 is 1.64 bits per heavy atom. The van der Waals surface area contributed by atoms with Gasteiger partial charge in [-0.05, 0) is 29.7 Å². The first kappa shape index (κ1) is 17.8. The van der Waals surface area contributed by atoms with Gasteiger partial charge in [0.05, 0.1) is 6.61 Å². The lowest BCUT2D eigenvalue weighted by Gasteiger charge is -2.07. The minimum absolute atomic E-state index is 0.0268. The summed E-state index contributed by atoms with van der Waals surface area (Å²) in [6.07, 6.45) is 0.615. The highest BCUT2D eigenvalue weighted by Gasteiger charge is 2.52. The summed E-state index contributed by atoms with van der Waals surface area (Å²) in [5, 5.41) is 2.54. The van der Waals surface area contributed by atoms with Gasteiger partial charge in [-0.1, -0.05) is 42.5 Å². The average molecular weight is 378 g/mol. The molecule has 0 bridgehead atoms. The second-order valence-electron chi connectivity index (χ2n) is 5.97. The van der Waals surface area contributed by atoms with E-state index in [1.807, 2.05) is 42.5 Å². The van der Waals surface area contributed by atoms with Crippen molar-refractivity contribution in [3.63, 3.8) is 0 Å². The number of halogens is 2. The van der Waals surface area contributed by atoms with Gasteiger partial charge in [-0.3, -0.25) is 9.59 Å². The van der Waals surface area contributed by atoms with Crippen molar-refractivity contribution < 1.29 is 14.3 Å². The fraction of sp³-hybridized carbons (Fsp3) is 0.263. The standard InChI is InChI=1S/C19H17Cl2NO3/c20-19(21)10-16(19)12-25-17(23)11-22-18(24)15-8-6-14(7-9-15)13-4-2-1-3-5-13/h1-9,16H,10-12H2,(H,22,24)/t16-/m1/s1. The molecule has 1 fully saturated rings. The fourth-order valence-corrected chi connectivity index (χ4v) is 2.89. The number of nitrogens with one attached hydrogen (secondary N) is 1. The normalized spacial score (nSPS) is 17.6. The maximum Gasteiger partial charge on any atom is 0.325 e. The van der Waals surface area contributed by atoms with Crippen LogP contribution in [-0.2, 0) is 9.53 Å². The fourth-order valence-electron chi connectivity index (χ4n) is 2.39. The zero-order valence-electron chi connectivity index (χ0n) is 13.4. The minimum atomic E-state index is -0.774. The largest absolute Gasteiger partial charge is 0.464 e. The number of alkyl halides is 2. The quantitative estimate of drug-likeness (QED) is 0.614. The first-order valence-electron chi connectivity index (χ1n) is 7.93. The van der Waals surface area contributed by atoms with Crippen LogP contribution in [0.4, 0.5) is 0 Å². The van der Waals surface area contributed by atoms with Crippen molar-refractivity contribution in [1.29, 1.82) is 0 Å². The van der Waals surface area contributed by atoms with Crippen molar-refractivity contribution in [3.8, 4) is 11.1 Å². The third-order valence-electron chi connectivity index (χ3n) is 4.05. The SMILES string of the molecule is O=C(CNC(=O)c1ccc(-c2ccccc2)cc1)OC[C@H]1CC1(Cl)Cl. The number of hydrogen-bond acceptors (Lipinski definition) is 3. The summed E-state index contributed by atoms with van der Waals surface area (Å²) in [7, 11) is 0. The maximum atomic E-state index is 12.1. The molecule has 25 heavy (non-hydrogen) atoms. The molecule has 0 heterocycles. The van der Waals surface area contributed by atoms with E-state index in [0.29, 0.717) is 12.0 Å². The van der Waals surface area contributed by atoms with Crippen LogP contribution in [-0.4, -0.2) is 29.4 Å². The van der Waals surface area contributed by atoms with Crippen molar-refractivity contribution in [1.82, 2.24) is 5.32 Å². The highest BCUT2D eigenvalue weighted by Crippen LogP contribution is 2.53. The number of rotatable bonds is 6. The van der Waals surface area contributed by atoms with Crippen molar-refractivity contribution in [2.45, 2.75) is 10.8 Å². The molecule has 2 aromatic rings. The highest BCUT2D eigenvalue weighted by molar-refractivity contribution is 6.50. The van der Waals surface area contributed by atoms with Crippen LogP contribution in [0.15, 0.2) is 54.6 Å². The second kappa shape index (κ2) is 7.46. The Morgan fingerprint density at radius 3 is 2.24 bits per heavy atom. The molecule has 0 saturated heterocycles. The summed E-state index contributed by atoms with van der Waals surface area (Å²) in [5.41, 5.74) is 2.58. The molecule has 0 unspecified atom stereocenters. The lowest BCUT2D eigenvalue weighted by molar-refractivity contribution is -0.142. The zero-order chi connectivity index (χ0) is 17.9. The monoisotopic (exact) mass is 377 g/mol. The minimum Gasteiger partial charge on any atom is -0.464 e. The van der Waals surface area contributed by atoms with Gasteiger partial charge in [0.2, 0.25) is 0 Å². The summed E-state index contributed by atoms with van der Waals surface area (Å²) in [4.78, 5) is 23.7. The highest BCUT2D eigenvalue weighted by atomic mass is 35.5. The predicted molar refractivity (Wildman–Crippen MR) is 97.7 cm³/mol. The van der Waals surface area contributed by atoms with Crippen molar-refractivity contribution in [3.05, 3.63) is 60.2 Å². The van der Waals surface area contributed by atoms with Crippen LogP contribution in [0.5, 0.6) is 0 Å². The Morgan fingerprint density at radius 1 is 1.04 bits per heavy atom. The number of benzene rings is 2. The first-order valence-corrected chi connectivity index (χ1v) is 8.68. The molecule has 3 rings (SSSR count). The molecule has 1 aliphatic carbocycles. The molecule has 0 spiro atoms. The van der Waals surface area contributed by atoms with E-state index < -0.39 is 10.3 Å². The van der Waals surface area contributed by atoms with E-state index in [-0.39, 0.29) is 25.0 Å². The smallest absolute Gasteiger partial charge is 0.325 e. The number of carbonyl (C=O) groups is 2. The summed E-state index contributed by atoms with van der Waals surface area (Å²) in [6, 6.07) is 17.1. The topological polar surface area (TPSA) is 55.4 Å².